The van der Waals surface area contributed by atoms with Gasteiger partial charge in [0.1, 0.15) is 4.32 Å². The first-order valence-electron chi connectivity index (χ1n) is 7.33. The summed E-state index contributed by atoms with van der Waals surface area (Å²) in [5.41, 5.74) is 1.46. The number of carbonyl (C=O) groups is 1. The van der Waals surface area contributed by atoms with Gasteiger partial charge in [0.05, 0.1) is 16.5 Å². The van der Waals surface area contributed by atoms with Crippen LogP contribution in [-0.2, 0) is 4.79 Å². The minimum atomic E-state index is -0.465. The largest absolute Gasteiger partial charge is 0.367 e. The minimum Gasteiger partial charge on any atom is -0.367 e. The summed E-state index contributed by atoms with van der Waals surface area (Å²) in [7, 11) is 0. The van der Waals surface area contributed by atoms with Gasteiger partial charge in [0.15, 0.2) is 0 Å². The van der Waals surface area contributed by atoms with Gasteiger partial charge in [-0.3, -0.25) is 19.8 Å². The zero-order valence-electron chi connectivity index (χ0n) is 12.9. The molecule has 0 saturated carbocycles. The van der Waals surface area contributed by atoms with E-state index >= 15 is 0 Å². The van der Waals surface area contributed by atoms with Crippen molar-refractivity contribution in [1.29, 1.82) is 0 Å². The zero-order chi connectivity index (χ0) is 17.8. The third kappa shape index (κ3) is 4.04. The Hall–Kier alpha value is -2.71. The Morgan fingerprint density at radius 3 is 2.68 bits per heavy atom. The molecule has 2 aromatic carbocycles. The van der Waals surface area contributed by atoms with Crippen LogP contribution in [0, 0.1) is 10.1 Å². The van der Waals surface area contributed by atoms with Crippen molar-refractivity contribution in [2.75, 3.05) is 12.0 Å². The SMILES string of the molecule is O=C1/C(=C\c2ccccc2)SC(=S)N1CNc1cccc([N+](=O)[O-])c1. The smallest absolute Gasteiger partial charge is 0.271 e. The summed E-state index contributed by atoms with van der Waals surface area (Å²) in [4.78, 5) is 24.9. The summed E-state index contributed by atoms with van der Waals surface area (Å²) in [6.45, 7) is 0.151. The molecule has 1 aliphatic heterocycles. The van der Waals surface area contributed by atoms with E-state index in [9.17, 15) is 14.9 Å². The summed E-state index contributed by atoms with van der Waals surface area (Å²) < 4.78 is 0.449. The predicted molar refractivity (Wildman–Crippen MR) is 103 cm³/mol. The molecule has 1 heterocycles. The molecule has 1 saturated heterocycles. The van der Waals surface area contributed by atoms with E-state index in [1.807, 2.05) is 30.3 Å². The van der Waals surface area contributed by atoms with Crippen molar-refractivity contribution in [3.05, 3.63) is 75.2 Å². The fraction of sp³-hybridized carbons (Fsp3) is 0.0588. The molecule has 6 nitrogen and oxygen atoms in total. The van der Waals surface area contributed by atoms with Crippen molar-refractivity contribution in [2.45, 2.75) is 0 Å². The van der Waals surface area contributed by atoms with Gasteiger partial charge in [-0.25, -0.2) is 0 Å². The lowest BCUT2D eigenvalue weighted by atomic mass is 10.2. The zero-order valence-corrected chi connectivity index (χ0v) is 14.5. The van der Waals surface area contributed by atoms with Gasteiger partial charge in [0, 0.05) is 17.8 Å². The van der Waals surface area contributed by atoms with Crippen molar-refractivity contribution in [3.63, 3.8) is 0 Å². The Bertz CT molecular complexity index is 868. The second-order valence-corrected chi connectivity index (χ2v) is 6.84. The third-order valence-electron chi connectivity index (χ3n) is 3.47. The number of amides is 1. The Labute approximate surface area is 153 Å². The molecule has 126 valence electrons. The maximum Gasteiger partial charge on any atom is 0.271 e. The number of thioether (sulfide) groups is 1. The Morgan fingerprint density at radius 1 is 1.20 bits per heavy atom. The van der Waals surface area contributed by atoms with Crippen LogP contribution in [0.1, 0.15) is 5.56 Å². The fourth-order valence-electron chi connectivity index (χ4n) is 2.24. The van der Waals surface area contributed by atoms with Gasteiger partial charge in [0.25, 0.3) is 11.6 Å². The quantitative estimate of drug-likeness (QED) is 0.372. The van der Waals surface area contributed by atoms with Crippen molar-refractivity contribution < 1.29 is 9.72 Å². The van der Waals surface area contributed by atoms with E-state index in [1.165, 1.54) is 28.8 Å². The Morgan fingerprint density at radius 2 is 1.96 bits per heavy atom. The first-order chi connectivity index (χ1) is 12.0. The van der Waals surface area contributed by atoms with E-state index in [4.69, 9.17) is 12.2 Å². The van der Waals surface area contributed by atoms with E-state index in [2.05, 4.69) is 5.32 Å². The molecule has 2 aromatic rings. The molecule has 0 radical (unpaired) electrons. The van der Waals surface area contributed by atoms with E-state index in [0.717, 1.165) is 5.56 Å². The summed E-state index contributed by atoms with van der Waals surface area (Å²) in [5.74, 6) is -0.184. The predicted octanol–water partition coefficient (Wildman–Crippen LogP) is 3.87. The summed E-state index contributed by atoms with van der Waals surface area (Å²) >= 11 is 6.51. The second-order valence-electron chi connectivity index (χ2n) is 5.16. The number of nitro benzene ring substituents is 1. The summed E-state index contributed by atoms with van der Waals surface area (Å²) in [6.07, 6.45) is 1.80. The summed E-state index contributed by atoms with van der Waals surface area (Å²) in [6, 6.07) is 15.6. The highest BCUT2D eigenvalue weighted by molar-refractivity contribution is 8.26. The molecule has 1 aliphatic rings. The molecule has 0 bridgehead atoms. The van der Waals surface area contributed by atoms with Crippen LogP contribution < -0.4 is 5.32 Å². The maximum atomic E-state index is 12.5. The number of nitrogens with one attached hydrogen (secondary N) is 1. The average molecular weight is 371 g/mol. The van der Waals surface area contributed by atoms with Gasteiger partial charge in [0.2, 0.25) is 0 Å². The number of benzene rings is 2. The van der Waals surface area contributed by atoms with Gasteiger partial charge < -0.3 is 5.32 Å². The number of rotatable bonds is 5. The molecular weight excluding hydrogens is 358 g/mol. The number of thiocarbonyl (C=S) groups is 1. The highest BCUT2D eigenvalue weighted by Gasteiger charge is 2.31. The van der Waals surface area contributed by atoms with Gasteiger partial charge in [-0.2, -0.15) is 0 Å². The van der Waals surface area contributed by atoms with E-state index < -0.39 is 4.92 Å². The van der Waals surface area contributed by atoms with E-state index in [0.29, 0.717) is 14.9 Å². The highest BCUT2D eigenvalue weighted by Crippen LogP contribution is 2.32. The van der Waals surface area contributed by atoms with Crippen molar-refractivity contribution in [3.8, 4) is 0 Å². The fourth-order valence-corrected chi connectivity index (χ4v) is 3.49. The molecule has 0 spiro atoms. The van der Waals surface area contributed by atoms with Gasteiger partial charge in [-0.15, -0.1) is 0 Å². The molecule has 1 amide bonds. The molecule has 0 atom stereocenters. The van der Waals surface area contributed by atoms with Crippen LogP contribution in [0.25, 0.3) is 6.08 Å². The van der Waals surface area contributed by atoms with Gasteiger partial charge in [-0.05, 0) is 17.7 Å². The maximum absolute atomic E-state index is 12.5. The van der Waals surface area contributed by atoms with Gasteiger partial charge in [-0.1, -0.05) is 60.4 Å². The monoisotopic (exact) mass is 371 g/mol. The highest BCUT2D eigenvalue weighted by atomic mass is 32.2. The second kappa shape index (κ2) is 7.45. The van der Waals surface area contributed by atoms with Crippen LogP contribution in [0.3, 0.4) is 0 Å². The number of nitro groups is 1. The number of non-ortho nitro benzene ring substituents is 1. The lowest BCUT2D eigenvalue weighted by Gasteiger charge is -2.16. The van der Waals surface area contributed by atoms with Gasteiger partial charge >= 0.3 is 0 Å². The van der Waals surface area contributed by atoms with Crippen LogP contribution >= 0.6 is 24.0 Å². The van der Waals surface area contributed by atoms with Crippen molar-refractivity contribution in [1.82, 2.24) is 4.90 Å². The first kappa shape index (κ1) is 17.1. The molecule has 25 heavy (non-hydrogen) atoms. The molecule has 0 aromatic heterocycles. The number of nitrogens with zero attached hydrogens (tertiary/aromatic N) is 2. The lowest BCUT2D eigenvalue weighted by Crippen LogP contribution is -2.33. The molecule has 1 N–H and O–H groups in total. The lowest BCUT2D eigenvalue weighted by molar-refractivity contribution is -0.384. The van der Waals surface area contributed by atoms with Crippen LogP contribution in [0.15, 0.2) is 59.5 Å². The number of carbonyl (C=O) groups excluding carboxylic acids is 1. The molecule has 1 fully saturated rings. The topological polar surface area (TPSA) is 75.5 Å². The Balaban J connectivity index is 1.70. The molecule has 3 rings (SSSR count). The number of anilines is 1. The van der Waals surface area contributed by atoms with E-state index in [1.54, 1.807) is 18.2 Å². The summed E-state index contributed by atoms with van der Waals surface area (Å²) in [5, 5.41) is 13.8. The van der Waals surface area contributed by atoms with Crippen LogP contribution in [-0.4, -0.2) is 26.7 Å². The van der Waals surface area contributed by atoms with E-state index in [-0.39, 0.29) is 18.3 Å². The van der Waals surface area contributed by atoms with Crippen molar-refractivity contribution >= 4 is 51.7 Å². The minimum absolute atomic E-state index is 0.0145. The Kier molecular flexibility index (Phi) is 5.11. The van der Waals surface area contributed by atoms with Crippen LogP contribution in [0.2, 0.25) is 0 Å². The molecule has 0 aliphatic carbocycles. The van der Waals surface area contributed by atoms with Crippen LogP contribution in [0.4, 0.5) is 11.4 Å². The molecule has 0 unspecified atom stereocenters. The standard InChI is InChI=1S/C17H13N3O3S2/c21-16-15(9-12-5-2-1-3-6-12)25-17(24)19(16)11-18-13-7-4-8-14(10-13)20(22)23/h1-10,18H,11H2/b15-9+. The number of hydrogen-bond donors (Lipinski definition) is 1. The first-order valence-corrected chi connectivity index (χ1v) is 8.56. The molecular formula is C17H13N3O3S2. The normalized spacial score (nSPS) is 15.7. The van der Waals surface area contributed by atoms with Crippen LogP contribution in [0.5, 0.6) is 0 Å². The third-order valence-corrected chi connectivity index (χ3v) is 4.85. The average Bonchev–Trinajstić information content (AvgIpc) is 2.87. The van der Waals surface area contributed by atoms with Crippen molar-refractivity contribution in [2.24, 2.45) is 0 Å². The number of hydrogen-bond acceptors (Lipinski definition) is 6. The molecule has 8 heteroatoms.